The number of nitrogens with one attached hydrogen (secondary N) is 1. The summed E-state index contributed by atoms with van der Waals surface area (Å²) in [6, 6.07) is 10.4. The molecule has 1 saturated heterocycles. The van der Waals surface area contributed by atoms with Gasteiger partial charge in [0.1, 0.15) is 0 Å². The van der Waals surface area contributed by atoms with Crippen molar-refractivity contribution in [3.8, 4) is 0 Å². The lowest BCUT2D eigenvalue weighted by atomic mass is 9.89. The molecule has 17 heavy (non-hydrogen) atoms. The van der Waals surface area contributed by atoms with Crippen molar-refractivity contribution >= 4 is 10.9 Å². The van der Waals surface area contributed by atoms with Gasteiger partial charge >= 0.3 is 0 Å². The molecule has 3 heteroatoms. The largest absolute Gasteiger partial charge is 0.375 e. The van der Waals surface area contributed by atoms with E-state index < -0.39 is 0 Å². The van der Waals surface area contributed by atoms with E-state index in [9.17, 15) is 0 Å². The van der Waals surface area contributed by atoms with Gasteiger partial charge in [-0.05, 0) is 17.7 Å². The highest BCUT2D eigenvalue weighted by molar-refractivity contribution is 5.78. The van der Waals surface area contributed by atoms with E-state index >= 15 is 0 Å². The normalized spacial score (nSPS) is 17.9. The Balaban J connectivity index is 1.90. The molecule has 0 radical (unpaired) electrons. The van der Waals surface area contributed by atoms with Crippen LogP contribution in [0.15, 0.2) is 36.5 Å². The molecule has 0 saturated carbocycles. The topological polar surface area (TPSA) is 34.1 Å². The molecule has 0 amide bonds. The van der Waals surface area contributed by atoms with Crippen LogP contribution in [-0.2, 0) is 11.2 Å². The number of hydrogen-bond donors (Lipinski definition) is 1. The van der Waals surface area contributed by atoms with Crippen molar-refractivity contribution in [2.75, 3.05) is 20.2 Å². The van der Waals surface area contributed by atoms with Crippen LogP contribution >= 0.6 is 0 Å². The van der Waals surface area contributed by atoms with Crippen LogP contribution in [0.1, 0.15) is 5.56 Å². The minimum absolute atomic E-state index is 0.0237. The first-order chi connectivity index (χ1) is 8.31. The molecule has 0 aliphatic carbocycles. The Hall–Kier alpha value is -1.45. The molecule has 0 bridgehead atoms. The fourth-order valence-corrected chi connectivity index (χ4v) is 2.33. The van der Waals surface area contributed by atoms with Crippen LogP contribution in [0.3, 0.4) is 0 Å². The average molecular weight is 228 g/mol. The minimum atomic E-state index is -0.0237. The molecule has 1 aromatic carbocycles. The van der Waals surface area contributed by atoms with Gasteiger partial charge in [0.2, 0.25) is 0 Å². The van der Waals surface area contributed by atoms with Gasteiger partial charge in [-0.1, -0.05) is 18.2 Å². The molecular weight excluding hydrogens is 212 g/mol. The number of ether oxygens (including phenoxy) is 1. The van der Waals surface area contributed by atoms with Crippen LogP contribution < -0.4 is 5.32 Å². The van der Waals surface area contributed by atoms with Gasteiger partial charge in [0.05, 0.1) is 11.1 Å². The van der Waals surface area contributed by atoms with E-state index in [0.29, 0.717) is 0 Å². The first-order valence-corrected chi connectivity index (χ1v) is 5.91. The first-order valence-electron chi connectivity index (χ1n) is 5.91. The van der Waals surface area contributed by atoms with E-state index in [1.165, 1.54) is 10.9 Å². The Bertz CT molecular complexity index is 529. The Labute approximate surface area is 101 Å². The summed E-state index contributed by atoms with van der Waals surface area (Å²) in [6.45, 7) is 1.85. The predicted molar refractivity (Wildman–Crippen MR) is 68.1 cm³/mol. The maximum Gasteiger partial charge on any atom is 0.0966 e. The summed E-state index contributed by atoms with van der Waals surface area (Å²) in [7, 11) is 1.79. The molecule has 0 spiro atoms. The zero-order valence-electron chi connectivity index (χ0n) is 9.94. The zero-order chi connectivity index (χ0) is 11.7. The number of aromatic nitrogens is 1. The average Bonchev–Trinajstić information content (AvgIpc) is 2.34. The van der Waals surface area contributed by atoms with Crippen LogP contribution in [0.25, 0.3) is 10.9 Å². The molecule has 1 aliphatic rings. The van der Waals surface area contributed by atoms with E-state index in [-0.39, 0.29) is 5.60 Å². The van der Waals surface area contributed by atoms with Crippen molar-refractivity contribution in [3.05, 3.63) is 42.1 Å². The van der Waals surface area contributed by atoms with Crippen LogP contribution in [0.4, 0.5) is 0 Å². The summed E-state index contributed by atoms with van der Waals surface area (Å²) in [5, 5.41) is 4.46. The quantitative estimate of drug-likeness (QED) is 0.869. The van der Waals surface area contributed by atoms with Crippen molar-refractivity contribution in [2.45, 2.75) is 12.0 Å². The number of pyridine rings is 1. The third kappa shape index (κ3) is 1.92. The van der Waals surface area contributed by atoms with Crippen molar-refractivity contribution in [1.82, 2.24) is 10.3 Å². The highest BCUT2D eigenvalue weighted by atomic mass is 16.5. The van der Waals surface area contributed by atoms with Crippen LogP contribution in [0.2, 0.25) is 0 Å². The van der Waals surface area contributed by atoms with Gasteiger partial charge in [-0.15, -0.1) is 0 Å². The third-order valence-corrected chi connectivity index (χ3v) is 3.50. The second-order valence-corrected chi connectivity index (χ2v) is 4.70. The molecule has 2 aromatic rings. The molecule has 3 rings (SSSR count). The highest BCUT2D eigenvalue weighted by Crippen LogP contribution is 2.23. The number of methoxy groups -OCH3 is 1. The van der Waals surface area contributed by atoms with Crippen molar-refractivity contribution in [1.29, 1.82) is 0 Å². The van der Waals surface area contributed by atoms with Crippen molar-refractivity contribution < 1.29 is 4.74 Å². The highest BCUT2D eigenvalue weighted by Gasteiger charge is 2.36. The molecule has 3 nitrogen and oxygen atoms in total. The summed E-state index contributed by atoms with van der Waals surface area (Å²) in [4.78, 5) is 4.48. The third-order valence-electron chi connectivity index (χ3n) is 3.50. The number of hydrogen-bond acceptors (Lipinski definition) is 3. The molecule has 88 valence electrons. The Morgan fingerprint density at radius 2 is 2.18 bits per heavy atom. The minimum Gasteiger partial charge on any atom is -0.375 e. The van der Waals surface area contributed by atoms with Gasteiger partial charge in [0.25, 0.3) is 0 Å². The Morgan fingerprint density at radius 3 is 2.88 bits per heavy atom. The summed E-state index contributed by atoms with van der Waals surface area (Å²) < 4.78 is 5.60. The number of para-hydroxylation sites is 1. The summed E-state index contributed by atoms with van der Waals surface area (Å²) in [6.07, 6.45) is 2.88. The van der Waals surface area contributed by atoms with Gasteiger partial charge in [-0.25, -0.2) is 0 Å². The molecule has 1 N–H and O–H groups in total. The monoisotopic (exact) mass is 228 g/mol. The second-order valence-electron chi connectivity index (χ2n) is 4.70. The molecule has 0 atom stereocenters. The zero-order valence-corrected chi connectivity index (χ0v) is 9.94. The lowest BCUT2D eigenvalue weighted by molar-refractivity contribution is -0.0502. The lowest BCUT2D eigenvalue weighted by Gasteiger charge is -2.41. The molecule has 1 fully saturated rings. The number of nitrogens with zero attached hydrogens (tertiary/aromatic N) is 1. The standard InChI is InChI=1S/C14H16N2O/c1-17-14(9-15-10-14)7-11-6-12-4-2-3-5-13(12)16-8-11/h2-6,8,15H,7,9-10H2,1H3. The van der Waals surface area contributed by atoms with Crippen LogP contribution in [-0.4, -0.2) is 30.8 Å². The van der Waals surface area contributed by atoms with Gasteiger partial charge in [-0.3, -0.25) is 4.98 Å². The van der Waals surface area contributed by atoms with E-state index in [2.05, 4.69) is 22.4 Å². The molecule has 1 aliphatic heterocycles. The molecule has 1 aromatic heterocycles. The Morgan fingerprint density at radius 1 is 1.35 bits per heavy atom. The maximum atomic E-state index is 5.60. The van der Waals surface area contributed by atoms with Crippen LogP contribution in [0.5, 0.6) is 0 Å². The van der Waals surface area contributed by atoms with E-state index in [0.717, 1.165) is 25.0 Å². The van der Waals surface area contributed by atoms with E-state index in [1.807, 2.05) is 24.4 Å². The molecule has 2 heterocycles. The Kier molecular flexibility index (Phi) is 2.57. The molecular formula is C14H16N2O. The number of fused-ring (bicyclic) bond motifs is 1. The van der Waals surface area contributed by atoms with Crippen molar-refractivity contribution in [2.24, 2.45) is 0 Å². The summed E-state index contributed by atoms with van der Waals surface area (Å²) in [5.41, 5.74) is 2.27. The maximum absolute atomic E-state index is 5.60. The molecule has 0 unspecified atom stereocenters. The first kappa shape index (κ1) is 10.7. The van der Waals surface area contributed by atoms with Gasteiger partial charge in [-0.2, -0.15) is 0 Å². The number of rotatable bonds is 3. The fraction of sp³-hybridized carbons (Fsp3) is 0.357. The summed E-state index contributed by atoms with van der Waals surface area (Å²) in [5.74, 6) is 0. The van der Waals surface area contributed by atoms with Crippen molar-refractivity contribution in [3.63, 3.8) is 0 Å². The predicted octanol–water partition coefficient (Wildman–Crippen LogP) is 1.77. The lowest BCUT2D eigenvalue weighted by Crippen LogP contribution is -2.61. The second kappa shape index (κ2) is 4.09. The fourth-order valence-electron chi connectivity index (χ4n) is 2.33. The van der Waals surface area contributed by atoms with E-state index in [4.69, 9.17) is 4.74 Å². The van der Waals surface area contributed by atoms with Gasteiger partial charge < -0.3 is 10.1 Å². The summed E-state index contributed by atoms with van der Waals surface area (Å²) >= 11 is 0. The van der Waals surface area contributed by atoms with Gasteiger partial charge in [0, 0.05) is 38.2 Å². The SMILES string of the molecule is COC1(Cc2cnc3ccccc3c2)CNC1. The number of benzene rings is 1. The smallest absolute Gasteiger partial charge is 0.0966 e. The van der Waals surface area contributed by atoms with Crippen LogP contribution in [0, 0.1) is 0 Å². The van der Waals surface area contributed by atoms with Gasteiger partial charge in [0.15, 0.2) is 0 Å². The van der Waals surface area contributed by atoms with E-state index in [1.54, 1.807) is 7.11 Å².